The van der Waals surface area contributed by atoms with E-state index >= 15 is 0 Å². The highest BCUT2D eigenvalue weighted by atomic mass is 79.9. The number of ether oxygens (including phenoxy) is 1. The van der Waals surface area contributed by atoms with Gasteiger partial charge in [-0.3, -0.25) is 4.79 Å². The fraction of sp³-hybridized carbons (Fsp3) is 0.500. The van der Waals surface area contributed by atoms with E-state index in [0.717, 1.165) is 4.47 Å². The quantitative estimate of drug-likeness (QED) is 0.819. The first kappa shape index (κ1) is 15.3. The van der Waals surface area contributed by atoms with Gasteiger partial charge in [0.15, 0.2) is 0 Å². The van der Waals surface area contributed by atoms with Crippen LogP contribution in [0.3, 0.4) is 0 Å². The Morgan fingerprint density at radius 2 is 2.10 bits per heavy atom. The summed E-state index contributed by atoms with van der Waals surface area (Å²) in [7, 11) is 1.69. The van der Waals surface area contributed by atoms with Crippen LogP contribution in [0.25, 0.3) is 0 Å². The van der Waals surface area contributed by atoms with Crippen molar-refractivity contribution in [1.82, 2.24) is 4.90 Å². The van der Waals surface area contributed by atoms with Crippen molar-refractivity contribution < 1.29 is 14.6 Å². The summed E-state index contributed by atoms with van der Waals surface area (Å²) in [6.07, 6.45) is 1.09. The standard InChI is InChI=1S/C14H19BrN2O3/c1-17(9-14(19)2-4-20-5-3-14)13(18)10-6-11(15)8-12(16)7-10/h6-8,19H,2-5,9,16H2,1H3. The van der Waals surface area contributed by atoms with Crippen LogP contribution in [0.1, 0.15) is 23.2 Å². The molecule has 1 aliphatic heterocycles. The Morgan fingerprint density at radius 1 is 1.45 bits per heavy atom. The second-order valence-corrected chi connectivity index (χ2v) is 6.19. The van der Waals surface area contributed by atoms with E-state index in [1.165, 1.54) is 4.90 Å². The van der Waals surface area contributed by atoms with Crippen LogP contribution >= 0.6 is 15.9 Å². The third-order valence-electron chi connectivity index (χ3n) is 3.47. The number of likely N-dealkylation sites (N-methyl/N-ethyl adjacent to an activating group) is 1. The van der Waals surface area contributed by atoms with Crippen LogP contribution < -0.4 is 5.73 Å². The van der Waals surface area contributed by atoms with E-state index in [0.29, 0.717) is 43.9 Å². The first-order valence-corrected chi connectivity index (χ1v) is 7.31. The van der Waals surface area contributed by atoms with Crippen LogP contribution in [0, 0.1) is 0 Å². The second-order valence-electron chi connectivity index (χ2n) is 5.27. The number of hydrogen-bond donors (Lipinski definition) is 2. The minimum absolute atomic E-state index is 0.155. The molecule has 1 aromatic rings. The summed E-state index contributed by atoms with van der Waals surface area (Å²) < 4.78 is 6.00. The molecular formula is C14H19BrN2O3. The number of anilines is 1. The van der Waals surface area contributed by atoms with Crippen LogP contribution in [0.2, 0.25) is 0 Å². The molecule has 110 valence electrons. The maximum atomic E-state index is 12.4. The molecule has 6 heteroatoms. The van der Waals surface area contributed by atoms with E-state index in [2.05, 4.69) is 15.9 Å². The number of benzene rings is 1. The largest absolute Gasteiger partial charge is 0.399 e. The topological polar surface area (TPSA) is 75.8 Å². The van der Waals surface area contributed by atoms with Crippen molar-refractivity contribution >= 4 is 27.5 Å². The highest BCUT2D eigenvalue weighted by Crippen LogP contribution is 2.23. The molecular weight excluding hydrogens is 324 g/mol. The van der Waals surface area contributed by atoms with Gasteiger partial charge in [0.1, 0.15) is 0 Å². The predicted molar refractivity (Wildman–Crippen MR) is 80.5 cm³/mol. The minimum atomic E-state index is -0.861. The smallest absolute Gasteiger partial charge is 0.253 e. The molecule has 5 nitrogen and oxygen atoms in total. The van der Waals surface area contributed by atoms with Crippen LogP contribution in [0.15, 0.2) is 22.7 Å². The van der Waals surface area contributed by atoms with Crippen LogP contribution in [0.5, 0.6) is 0 Å². The summed E-state index contributed by atoms with van der Waals surface area (Å²) in [6.45, 7) is 1.35. The van der Waals surface area contributed by atoms with E-state index in [9.17, 15) is 9.90 Å². The Kier molecular flexibility index (Phi) is 4.67. The van der Waals surface area contributed by atoms with Crippen molar-refractivity contribution in [2.24, 2.45) is 0 Å². The third-order valence-corrected chi connectivity index (χ3v) is 3.93. The van der Waals surface area contributed by atoms with E-state index in [-0.39, 0.29) is 5.91 Å². The molecule has 1 fully saturated rings. The molecule has 2 rings (SSSR count). The van der Waals surface area contributed by atoms with Gasteiger partial charge in [-0.2, -0.15) is 0 Å². The van der Waals surface area contributed by atoms with Gasteiger partial charge >= 0.3 is 0 Å². The molecule has 1 heterocycles. The van der Waals surface area contributed by atoms with Crippen molar-refractivity contribution in [3.8, 4) is 0 Å². The lowest BCUT2D eigenvalue weighted by Crippen LogP contribution is -2.47. The Labute approximate surface area is 126 Å². The number of hydrogen-bond acceptors (Lipinski definition) is 4. The zero-order valence-corrected chi connectivity index (χ0v) is 13.0. The SMILES string of the molecule is CN(CC1(O)CCOCC1)C(=O)c1cc(N)cc(Br)c1. The summed E-state index contributed by atoms with van der Waals surface area (Å²) in [4.78, 5) is 13.9. The fourth-order valence-electron chi connectivity index (χ4n) is 2.38. The van der Waals surface area contributed by atoms with E-state index in [1.54, 1.807) is 25.2 Å². The molecule has 0 unspecified atom stereocenters. The van der Waals surface area contributed by atoms with Crippen molar-refractivity contribution in [1.29, 1.82) is 0 Å². The Hall–Kier alpha value is -1.11. The van der Waals surface area contributed by atoms with Crippen molar-refractivity contribution in [2.45, 2.75) is 18.4 Å². The normalized spacial score (nSPS) is 17.8. The molecule has 0 aliphatic carbocycles. The minimum Gasteiger partial charge on any atom is -0.399 e. The number of carbonyl (C=O) groups excluding carboxylic acids is 1. The zero-order valence-electron chi connectivity index (χ0n) is 11.4. The zero-order chi connectivity index (χ0) is 14.8. The average Bonchev–Trinajstić information content (AvgIpc) is 2.37. The lowest BCUT2D eigenvalue weighted by atomic mass is 9.93. The van der Waals surface area contributed by atoms with Crippen LogP contribution in [-0.2, 0) is 4.74 Å². The van der Waals surface area contributed by atoms with Gasteiger partial charge in [-0.15, -0.1) is 0 Å². The molecule has 20 heavy (non-hydrogen) atoms. The highest BCUT2D eigenvalue weighted by Gasteiger charge is 2.32. The molecule has 1 amide bonds. The summed E-state index contributed by atoms with van der Waals surface area (Å²) in [6, 6.07) is 5.10. The maximum Gasteiger partial charge on any atom is 0.253 e. The number of nitrogens with zero attached hydrogens (tertiary/aromatic N) is 1. The molecule has 0 spiro atoms. The van der Waals surface area contributed by atoms with Crippen molar-refractivity contribution in [3.05, 3.63) is 28.2 Å². The van der Waals surface area contributed by atoms with Gasteiger partial charge in [0.2, 0.25) is 0 Å². The second kappa shape index (κ2) is 6.11. The van der Waals surface area contributed by atoms with E-state index < -0.39 is 5.60 Å². The molecule has 0 radical (unpaired) electrons. The summed E-state index contributed by atoms with van der Waals surface area (Å²) in [5, 5.41) is 10.4. The number of rotatable bonds is 3. The first-order valence-electron chi connectivity index (χ1n) is 6.51. The summed E-state index contributed by atoms with van der Waals surface area (Å²) in [5.41, 5.74) is 5.92. The van der Waals surface area contributed by atoms with Crippen molar-refractivity contribution in [2.75, 3.05) is 32.5 Å². The van der Waals surface area contributed by atoms with Gasteiger partial charge in [0, 0.05) is 55.4 Å². The van der Waals surface area contributed by atoms with Crippen molar-refractivity contribution in [3.63, 3.8) is 0 Å². The molecule has 0 bridgehead atoms. The molecule has 0 saturated carbocycles. The molecule has 1 aromatic carbocycles. The van der Waals surface area contributed by atoms with E-state index in [4.69, 9.17) is 10.5 Å². The molecule has 1 saturated heterocycles. The maximum absolute atomic E-state index is 12.4. The number of aliphatic hydroxyl groups is 1. The Balaban J connectivity index is 2.08. The molecule has 3 N–H and O–H groups in total. The Bertz CT molecular complexity index is 481. The van der Waals surface area contributed by atoms with Gasteiger partial charge in [-0.1, -0.05) is 15.9 Å². The fourth-order valence-corrected chi connectivity index (χ4v) is 2.89. The summed E-state index contributed by atoms with van der Waals surface area (Å²) >= 11 is 3.32. The summed E-state index contributed by atoms with van der Waals surface area (Å²) in [5.74, 6) is -0.155. The lowest BCUT2D eigenvalue weighted by Gasteiger charge is -2.35. The van der Waals surface area contributed by atoms with Gasteiger partial charge < -0.3 is 20.5 Å². The molecule has 0 atom stereocenters. The number of nitrogen functional groups attached to an aromatic ring is 1. The first-order chi connectivity index (χ1) is 9.39. The van der Waals surface area contributed by atoms with Crippen LogP contribution in [-0.4, -0.2) is 48.3 Å². The van der Waals surface area contributed by atoms with Gasteiger partial charge in [-0.05, 0) is 18.2 Å². The Morgan fingerprint density at radius 3 is 2.70 bits per heavy atom. The number of amides is 1. The van der Waals surface area contributed by atoms with Gasteiger partial charge in [-0.25, -0.2) is 0 Å². The predicted octanol–water partition coefficient (Wildman–Crippen LogP) is 1.64. The third kappa shape index (κ3) is 3.71. The van der Waals surface area contributed by atoms with E-state index in [1.807, 2.05) is 0 Å². The van der Waals surface area contributed by atoms with Gasteiger partial charge in [0.05, 0.1) is 5.60 Å². The average molecular weight is 343 g/mol. The van der Waals surface area contributed by atoms with Gasteiger partial charge in [0.25, 0.3) is 5.91 Å². The number of halogens is 1. The monoisotopic (exact) mass is 342 g/mol. The number of nitrogens with two attached hydrogens (primary N) is 1. The molecule has 0 aromatic heterocycles. The number of carbonyl (C=O) groups is 1. The highest BCUT2D eigenvalue weighted by molar-refractivity contribution is 9.10. The lowest BCUT2D eigenvalue weighted by molar-refractivity contribution is -0.0734. The molecule has 1 aliphatic rings. The van der Waals surface area contributed by atoms with Crippen LogP contribution in [0.4, 0.5) is 5.69 Å².